The van der Waals surface area contributed by atoms with Gasteiger partial charge in [-0.05, 0) is 37.1 Å². The topological polar surface area (TPSA) is 46.6 Å². The van der Waals surface area contributed by atoms with E-state index < -0.39 is 16.1 Å². The Kier molecular flexibility index (Phi) is 6.02. The van der Waals surface area contributed by atoms with E-state index in [1.807, 2.05) is 55.5 Å². The zero-order valence-corrected chi connectivity index (χ0v) is 16.9. The van der Waals surface area contributed by atoms with Gasteiger partial charge in [-0.15, -0.1) is 0 Å². The van der Waals surface area contributed by atoms with Gasteiger partial charge < -0.3 is 4.74 Å². The third kappa shape index (κ3) is 3.94. The van der Waals surface area contributed by atoms with Crippen LogP contribution in [0.1, 0.15) is 43.4 Å². The first kappa shape index (κ1) is 19.6. The number of hydrogen-bond donors (Lipinski definition) is 0. The maximum Gasteiger partial charge on any atom is 0.244 e. The van der Waals surface area contributed by atoms with Crippen molar-refractivity contribution in [3.8, 4) is 0 Å². The summed E-state index contributed by atoms with van der Waals surface area (Å²) in [6.45, 7) is 4.07. The van der Waals surface area contributed by atoms with Crippen molar-refractivity contribution in [1.82, 2.24) is 4.31 Å². The highest BCUT2D eigenvalue weighted by atomic mass is 32.2. The molecule has 5 heteroatoms. The largest absolute Gasteiger partial charge is 0.499 e. The van der Waals surface area contributed by atoms with E-state index in [9.17, 15) is 8.42 Å². The van der Waals surface area contributed by atoms with E-state index >= 15 is 0 Å². The summed E-state index contributed by atoms with van der Waals surface area (Å²) in [5.74, 6) is 0.693. The van der Waals surface area contributed by atoms with Crippen LogP contribution < -0.4 is 0 Å². The average molecular weight is 386 g/mol. The number of rotatable bonds is 7. The molecule has 27 heavy (non-hydrogen) atoms. The Balaban J connectivity index is 2.09. The first-order valence-corrected chi connectivity index (χ1v) is 10.8. The molecule has 0 fully saturated rings. The van der Waals surface area contributed by atoms with Gasteiger partial charge in [0.25, 0.3) is 0 Å². The fourth-order valence-corrected chi connectivity index (χ4v) is 5.32. The normalized spacial score (nSPS) is 20.5. The molecule has 1 aliphatic heterocycles. The van der Waals surface area contributed by atoms with Crippen molar-refractivity contribution in [3.05, 3.63) is 77.6 Å². The molecule has 0 amide bonds. The van der Waals surface area contributed by atoms with E-state index in [1.165, 1.54) is 0 Å². The summed E-state index contributed by atoms with van der Waals surface area (Å²) in [5.41, 5.74) is 1.95. The SMILES string of the molecule is CCCC[C@H]1C=C(OC)[C@H](c2ccccc2)N1S(=O)(=O)c1ccc(C)cc1. The Morgan fingerprint density at radius 1 is 1.04 bits per heavy atom. The van der Waals surface area contributed by atoms with Crippen molar-refractivity contribution in [2.24, 2.45) is 0 Å². The van der Waals surface area contributed by atoms with Crippen molar-refractivity contribution in [3.63, 3.8) is 0 Å². The molecule has 0 N–H and O–H groups in total. The molecule has 0 aromatic heterocycles. The van der Waals surface area contributed by atoms with Gasteiger partial charge in [0.1, 0.15) is 11.8 Å². The molecule has 1 heterocycles. The lowest BCUT2D eigenvalue weighted by molar-refractivity contribution is 0.225. The third-order valence-electron chi connectivity index (χ3n) is 5.01. The lowest BCUT2D eigenvalue weighted by Crippen LogP contribution is -2.38. The number of nitrogens with zero attached hydrogens (tertiary/aromatic N) is 1. The number of ether oxygens (including phenoxy) is 1. The van der Waals surface area contributed by atoms with Crippen LogP contribution in [0.3, 0.4) is 0 Å². The van der Waals surface area contributed by atoms with Gasteiger partial charge in [-0.25, -0.2) is 8.42 Å². The zero-order chi connectivity index (χ0) is 19.4. The van der Waals surface area contributed by atoms with E-state index in [2.05, 4.69) is 6.92 Å². The molecular weight excluding hydrogens is 358 g/mol. The number of hydrogen-bond acceptors (Lipinski definition) is 3. The predicted octanol–water partition coefficient (Wildman–Crippen LogP) is 4.83. The molecule has 0 spiro atoms. The Hall–Kier alpha value is -2.11. The number of benzene rings is 2. The van der Waals surface area contributed by atoms with Gasteiger partial charge in [-0.3, -0.25) is 0 Å². The maximum absolute atomic E-state index is 13.6. The fraction of sp³-hybridized carbons (Fsp3) is 0.364. The molecule has 0 aliphatic carbocycles. The second kappa shape index (κ2) is 8.28. The Labute approximate surface area is 162 Å². The van der Waals surface area contributed by atoms with E-state index in [0.717, 1.165) is 30.4 Å². The van der Waals surface area contributed by atoms with Crippen LogP contribution in [0.25, 0.3) is 0 Å². The van der Waals surface area contributed by atoms with Crippen molar-refractivity contribution in [2.45, 2.75) is 50.1 Å². The summed E-state index contributed by atoms with van der Waals surface area (Å²) < 4.78 is 34.5. The van der Waals surface area contributed by atoms with E-state index in [4.69, 9.17) is 4.74 Å². The van der Waals surface area contributed by atoms with Crippen LogP contribution in [-0.2, 0) is 14.8 Å². The van der Waals surface area contributed by atoms with E-state index in [0.29, 0.717) is 10.7 Å². The fourth-order valence-electron chi connectivity index (χ4n) is 3.57. The zero-order valence-electron chi connectivity index (χ0n) is 16.1. The number of unbranched alkanes of at least 4 members (excludes halogenated alkanes) is 1. The molecule has 0 radical (unpaired) electrons. The van der Waals surface area contributed by atoms with Gasteiger partial charge in [0.2, 0.25) is 10.0 Å². The Morgan fingerprint density at radius 3 is 2.30 bits per heavy atom. The minimum absolute atomic E-state index is 0.212. The van der Waals surface area contributed by atoms with Gasteiger partial charge in [0.05, 0.1) is 12.0 Å². The van der Waals surface area contributed by atoms with Crippen molar-refractivity contribution in [2.75, 3.05) is 7.11 Å². The lowest BCUT2D eigenvalue weighted by Gasteiger charge is -2.30. The summed E-state index contributed by atoms with van der Waals surface area (Å²) in [7, 11) is -2.06. The van der Waals surface area contributed by atoms with Crippen LogP contribution in [0, 0.1) is 6.92 Å². The monoisotopic (exact) mass is 385 g/mol. The van der Waals surface area contributed by atoms with Crippen LogP contribution in [0.5, 0.6) is 0 Å². The molecule has 2 aromatic carbocycles. The molecule has 3 rings (SSSR count). The smallest absolute Gasteiger partial charge is 0.244 e. The number of methoxy groups -OCH3 is 1. The Bertz CT molecular complexity index is 889. The van der Waals surface area contributed by atoms with Crippen LogP contribution >= 0.6 is 0 Å². The average Bonchev–Trinajstić information content (AvgIpc) is 3.07. The summed E-state index contributed by atoms with van der Waals surface area (Å²) in [6.07, 6.45) is 4.72. The molecule has 0 saturated carbocycles. The first-order chi connectivity index (χ1) is 13.0. The van der Waals surface area contributed by atoms with Crippen LogP contribution in [0.2, 0.25) is 0 Å². The van der Waals surface area contributed by atoms with Gasteiger partial charge in [-0.2, -0.15) is 4.31 Å². The second-order valence-corrected chi connectivity index (χ2v) is 8.79. The minimum atomic E-state index is -3.67. The molecule has 0 bridgehead atoms. The van der Waals surface area contributed by atoms with Gasteiger partial charge in [0, 0.05) is 6.04 Å². The first-order valence-electron chi connectivity index (χ1n) is 9.40. The van der Waals surface area contributed by atoms with Crippen molar-refractivity contribution < 1.29 is 13.2 Å². The minimum Gasteiger partial charge on any atom is -0.499 e. The highest BCUT2D eigenvalue weighted by Crippen LogP contribution is 2.42. The summed E-state index contributed by atoms with van der Waals surface area (Å²) in [4.78, 5) is 0.321. The highest BCUT2D eigenvalue weighted by molar-refractivity contribution is 7.89. The maximum atomic E-state index is 13.6. The summed E-state index contributed by atoms with van der Waals surface area (Å²) in [6, 6.07) is 16.1. The lowest BCUT2D eigenvalue weighted by atomic mass is 10.1. The van der Waals surface area contributed by atoms with Crippen molar-refractivity contribution in [1.29, 1.82) is 0 Å². The standard InChI is InChI=1S/C22H27NO3S/c1-4-5-11-19-16-21(26-3)22(18-9-7-6-8-10-18)23(19)27(24,25)20-14-12-17(2)13-15-20/h6-10,12-16,19,22H,4-5,11H2,1-3H3/t19-,22-/m0/s1. The summed E-state index contributed by atoms with van der Waals surface area (Å²) in [5, 5.41) is 0. The van der Waals surface area contributed by atoms with Crippen LogP contribution in [0.15, 0.2) is 71.3 Å². The summed E-state index contributed by atoms with van der Waals surface area (Å²) >= 11 is 0. The quantitative estimate of drug-likeness (QED) is 0.686. The van der Waals surface area contributed by atoms with Gasteiger partial charge >= 0.3 is 0 Å². The number of aryl methyl sites for hydroxylation is 1. The molecule has 0 saturated heterocycles. The van der Waals surface area contributed by atoms with Crippen LogP contribution in [-0.4, -0.2) is 25.9 Å². The molecule has 144 valence electrons. The molecule has 2 aromatic rings. The Morgan fingerprint density at radius 2 is 1.70 bits per heavy atom. The molecule has 0 unspecified atom stereocenters. The van der Waals surface area contributed by atoms with Gasteiger partial charge in [0.15, 0.2) is 0 Å². The highest BCUT2D eigenvalue weighted by Gasteiger charge is 2.44. The van der Waals surface area contributed by atoms with Crippen molar-refractivity contribution >= 4 is 10.0 Å². The van der Waals surface area contributed by atoms with E-state index in [1.54, 1.807) is 23.5 Å². The second-order valence-electron chi connectivity index (χ2n) is 6.94. The van der Waals surface area contributed by atoms with Gasteiger partial charge in [-0.1, -0.05) is 67.8 Å². The molecule has 2 atom stereocenters. The van der Waals surface area contributed by atoms with E-state index in [-0.39, 0.29) is 6.04 Å². The molecular formula is C22H27NO3S. The van der Waals surface area contributed by atoms with Crippen LogP contribution in [0.4, 0.5) is 0 Å². The number of sulfonamides is 1. The third-order valence-corrected chi connectivity index (χ3v) is 6.91. The molecule has 4 nitrogen and oxygen atoms in total. The predicted molar refractivity (Wildman–Crippen MR) is 108 cm³/mol. The molecule has 1 aliphatic rings.